The second-order valence-corrected chi connectivity index (χ2v) is 11.6. The van der Waals surface area contributed by atoms with Crippen LogP contribution in [0, 0.1) is 11.8 Å². The van der Waals surface area contributed by atoms with E-state index in [0.29, 0.717) is 43.0 Å². The number of nitrogens with one attached hydrogen (secondary N) is 1. The number of likely N-dealkylation sites (tertiary alicyclic amines) is 1. The molecule has 0 unspecified atom stereocenters. The topological polar surface area (TPSA) is 102 Å². The van der Waals surface area contributed by atoms with Crippen LogP contribution in [0.2, 0.25) is 0 Å². The molecule has 1 aromatic carbocycles. The molecule has 2 aromatic heterocycles. The zero-order valence-electron chi connectivity index (χ0n) is 24.3. The number of nitrogens with zero attached hydrogens (tertiary/aromatic N) is 5. The number of aromatic nitrogens is 4. The predicted molar refractivity (Wildman–Crippen MR) is 159 cm³/mol. The Morgan fingerprint density at radius 1 is 1.10 bits per heavy atom. The van der Waals surface area contributed by atoms with Crippen molar-refractivity contribution in [3.05, 3.63) is 59.8 Å². The number of hydrogen-bond donors (Lipinski definition) is 1. The zero-order valence-corrected chi connectivity index (χ0v) is 24.3. The average Bonchev–Trinajstić information content (AvgIpc) is 3.41. The first-order chi connectivity index (χ1) is 19.9. The number of carbonyl (C=O) groups excluding carboxylic acids is 2. The van der Waals surface area contributed by atoms with Gasteiger partial charge in [-0.25, -0.2) is 0 Å². The second kappa shape index (κ2) is 13.4. The molecule has 0 spiro atoms. The molecule has 0 radical (unpaired) electrons. The Morgan fingerprint density at radius 2 is 1.85 bits per heavy atom. The van der Waals surface area contributed by atoms with E-state index in [-0.39, 0.29) is 17.8 Å². The van der Waals surface area contributed by atoms with Crippen molar-refractivity contribution in [1.29, 1.82) is 0 Å². The molecule has 9 nitrogen and oxygen atoms in total. The molecule has 1 aliphatic heterocycles. The quantitative estimate of drug-likeness (QED) is 0.315. The Balaban J connectivity index is 1.22. The lowest BCUT2D eigenvalue weighted by molar-refractivity contribution is -0.123. The molecule has 0 amide bonds. The molecule has 3 aromatic rings. The van der Waals surface area contributed by atoms with Crippen molar-refractivity contribution in [1.82, 2.24) is 24.5 Å². The number of ketones is 2. The van der Waals surface area contributed by atoms with E-state index in [4.69, 9.17) is 14.7 Å². The van der Waals surface area contributed by atoms with Crippen molar-refractivity contribution in [3.63, 3.8) is 0 Å². The third-order valence-electron chi connectivity index (χ3n) is 8.58. The smallest absolute Gasteiger partial charge is 0.322 e. The number of ether oxygens (including phenoxy) is 1. The van der Waals surface area contributed by atoms with Crippen molar-refractivity contribution < 1.29 is 14.3 Å². The fourth-order valence-electron chi connectivity index (χ4n) is 6.00. The number of anilines is 1. The summed E-state index contributed by atoms with van der Waals surface area (Å²) in [5.74, 6) is 1.45. The van der Waals surface area contributed by atoms with E-state index >= 15 is 0 Å². The van der Waals surface area contributed by atoms with Gasteiger partial charge in [0.05, 0.1) is 6.20 Å². The first kappa shape index (κ1) is 28.9. The summed E-state index contributed by atoms with van der Waals surface area (Å²) in [4.78, 5) is 36.5. The predicted octanol–water partition coefficient (Wildman–Crippen LogP) is 4.84. The van der Waals surface area contributed by atoms with E-state index in [1.165, 1.54) is 6.08 Å². The van der Waals surface area contributed by atoms with E-state index in [9.17, 15) is 9.59 Å². The molecular weight excluding hydrogens is 516 g/mol. The van der Waals surface area contributed by atoms with E-state index in [0.717, 1.165) is 80.4 Å². The molecule has 0 bridgehead atoms. The molecule has 41 heavy (non-hydrogen) atoms. The van der Waals surface area contributed by atoms with Crippen LogP contribution in [0.15, 0.2) is 43.1 Å². The van der Waals surface area contributed by atoms with Crippen LogP contribution in [0.5, 0.6) is 6.01 Å². The molecule has 1 aliphatic carbocycles. The summed E-state index contributed by atoms with van der Waals surface area (Å²) in [6.45, 7) is 8.20. The molecule has 0 atom stereocenters. The maximum absolute atomic E-state index is 13.1. The summed E-state index contributed by atoms with van der Waals surface area (Å²) < 4.78 is 7.98. The summed E-state index contributed by atoms with van der Waals surface area (Å²) in [6.07, 6.45) is 10.7. The highest BCUT2D eigenvalue weighted by Crippen LogP contribution is 2.32. The molecular formula is C32H42N6O3. The molecule has 5 rings (SSSR count). The number of carbonyl (C=O) groups is 2. The number of hydrogen-bond acceptors (Lipinski definition) is 8. The Kier molecular flexibility index (Phi) is 9.44. The lowest BCUT2D eigenvalue weighted by Gasteiger charge is -2.28. The van der Waals surface area contributed by atoms with Crippen molar-refractivity contribution >= 4 is 23.2 Å². The van der Waals surface area contributed by atoms with Crippen LogP contribution in [-0.4, -0.2) is 62.3 Å². The summed E-state index contributed by atoms with van der Waals surface area (Å²) in [7, 11) is 2.13. The normalized spacial score (nSPS) is 20.1. The largest absolute Gasteiger partial charge is 0.460 e. The first-order valence-electron chi connectivity index (χ1n) is 15.0. The van der Waals surface area contributed by atoms with Crippen LogP contribution in [0.1, 0.15) is 68.6 Å². The molecule has 1 saturated heterocycles. The fraction of sp³-hybridized carbons (Fsp3) is 0.531. The standard InChI is InChI=1S/C32H42N6O3/c1-4-25-21-34-38-30(25)35-32(41-28-13-15-37(3)16-14-28)36-31(38)33-20-24-8-6-7-23(17-24)19-29(40)26-11-9-22(10-12-26)18-27(39)5-2/h5-8,17,21-22,26,28H,2,4,9-16,18-20H2,1,3H3,(H,33,35,36). The molecule has 2 aliphatic rings. The number of benzene rings is 1. The maximum atomic E-state index is 13.1. The van der Waals surface area contributed by atoms with Crippen molar-refractivity contribution in [2.45, 2.75) is 77.4 Å². The summed E-state index contributed by atoms with van der Waals surface area (Å²) in [5, 5.41) is 7.97. The van der Waals surface area contributed by atoms with Gasteiger partial charge in [0.25, 0.3) is 0 Å². The molecule has 218 valence electrons. The van der Waals surface area contributed by atoms with Crippen molar-refractivity contribution in [3.8, 4) is 6.01 Å². The first-order valence-corrected chi connectivity index (χ1v) is 15.0. The van der Waals surface area contributed by atoms with Crippen molar-refractivity contribution in [2.24, 2.45) is 11.8 Å². The summed E-state index contributed by atoms with van der Waals surface area (Å²) in [5.41, 5.74) is 3.89. The summed E-state index contributed by atoms with van der Waals surface area (Å²) >= 11 is 0. The number of piperidine rings is 1. The van der Waals surface area contributed by atoms with Crippen LogP contribution in [0.4, 0.5) is 5.95 Å². The van der Waals surface area contributed by atoms with Crippen LogP contribution < -0.4 is 10.1 Å². The minimum Gasteiger partial charge on any atom is -0.460 e. The lowest BCUT2D eigenvalue weighted by Crippen LogP contribution is -2.36. The van der Waals surface area contributed by atoms with Gasteiger partial charge in [0.2, 0.25) is 5.95 Å². The van der Waals surface area contributed by atoms with Gasteiger partial charge in [-0.1, -0.05) is 37.8 Å². The lowest BCUT2D eigenvalue weighted by atomic mass is 9.77. The Labute approximate surface area is 242 Å². The molecule has 9 heteroatoms. The molecule has 2 fully saturated rings. The van der Waals surface area contributed by atoms with E-state index in [2.05, 4.69) is 48.0 Å². The van der Waals surface area contributed by atoms with Crippen LogP contribution in [-0.2, 0) is 29.0 Å². The number of Topliss-reactive ketones (excluding diaryl/α,β-unsaturated/α-hetero) is 1. The third-order valence-corrected chi connectivity index (χ3v) is 8.58. The number of aryl methyl sites for hydroxylation is 1. The van der Waals surface area contributed by atoms with Gasteiger partial charge in [-0.05, 0) is 75.1 Å². The molecule has 1 N–H and O–H groups in total. The monoisotopic (exact) mass is 558 g/mol. The highest BCUT2D eigenvalue weighted by atomic mass is 16.5. The number of rotatable bonds is 12. The second-order valence-electron chi connectivity index (χ2n) is 11.6. The Hall–Kier alpha value is -3.59. The van der Waals surface area contributed by atoms with E-state index in [1.807, 2.05) is 18.3 Å². The van der Waals surface area contributed by atoms with E-state index in [1.54, 1.807) is 4.52 Å². The van der Waals surface area contributed by atoms with Gasteiger partial charge in [-0.3, -0.25) is 9.59 Å². The number of fused-ring (bicyclic) bond motifs is 1. The zero-order chi connectivity index (χ0) is 28.8. The van der Waals surface area contributed by atoms with Crippen LogP contribution in [0.25, 0.3) is 5.65 Å². The van der Waals surface area contributed by atoms with Gasteiger partial charge < -0.3 is 15.0 Å². The minimum atomic E-state index is 0.0803. The van der Waals surface area contributed by atoms with Gasteiger partial charge in [0, 0.05) is 44.0 Å². The average molecular weight is 559 g/mol. The SMILES string of the molecule is C=CC(=O)CC1CCC(C(=O)Cc2cccc(CNc3nc(OC4CCN(C)CC4)nc4c(CC)cnn34)c2)CC1. The highest BCUT2D eigenvalue weighted by molar-refractivity contribution is 5.89. The van der Waals surface area contributed by atoms with Gasteiger partial charge in [-0.2, -0.15) is 19.6 Å². The van der Waals surface area contributed by atoms with Crippen molar-refractivity contribution in [2.75, 3.05) is 25.5 Å². The summed E-state index contributed by atoms with van der Waals surface area (Å²) in [6, 6.07) is 8.55. The molecule has 3 heterocycles. The fourth-order valence-corrected chi connectivity index (χ4v) is 6.00. The van der Waals surface area contributed by atoms with Crippen LogP contribution in [0.3, 0.4) is 0 Å². The van der Waals surface area contributed by atoms with Gasteiger partial charge in [0.15, 0.2) is 11.4 Å². The molecule has 1 saturated carbocycles. The Morgan fingerprint density at radius 3 is 2.59 bits per heavy atom. The minimum absolute atomic E-state index is 0.0803. The van der Waals surface area contributed by atoms with Gasteiger partial charge in [-0.15, -0.1) is 0 Å². The third kappa shape index (κ3) is 7.38. The maximum Gasteiger partial charge on any atom is 0.322 e. The number of allylic oxidation sites excluding steroid dienone is 1. The van der Waals surface area contributed by atoms with E-state index < -0.39 is 0 Å². The van der Waals surface area contributed by atoms with Crippen LogP contribution >= 0.6 is 0 Å². The highest BCUT2D eigenvalue weighted by Gasteiger charge is 2.27. The van der Waals surface area contributed by atoms with Gasteiger partial charge >= 0.3 is 6.01 Å². The van der Waals surface area contributed by atoms with Gasteiger partial charge in [0.1, 0.15) is 11.9 Å². The Bertz CT molecular complexity index is 1370.